The fraction of sp³-hybridized carbons (Fsp3) is 0.611. The zero-order valence-electron chi connectivity index (χ0n) is 15.1. The van der Waals surface area contributed by atoms with Gasteiger partial charge in [-0.05, 0) is 38.1 Å². The molecule has 0 atom stereocenters. The van der Waals surface area contributed by atoms with Crippen LogP contribution in [0.2, 0.25) is 5.02 Å². The van der Waals surface area contributed by atoms with Gasteiger partial charge in [-0.15, -0.1) is 0 Å². The largest absolute Gasteiger partial charge is 0.349 e. The maximum absolute atomic E-state index is 13.0. The molecule has 2 aliphatic rings. The molecule has 2 fully saturated rings. The highest BCUT2D eigenvalue weighted by atomic mass is 35.5. The highest BCUT2D eigenvalue weighted by Gasteiger charge is 2.30. The van der Waals surface area contributed by atoms with Crippen molar-refractivity contribution in [1.82, 2.24) is 14.5 Å². The fourth-order valence-corrected chi connectivity index (χ4v) is 5.45. The van der Waals surface area contributed by atoms with Crippen molar-refractivity contribution in [1.29, 1.82) is 0 Å². The lowest BCUT2D eigenvalue weighted by Gasteiger charge is -2.31. The molecule has 1 heterocycles. The summed E-state index contributed by atoms with van der Waals surface area (Å²) in [5.41, 5.74) is 0.340. The molecule has 1 N–H and O–H groups in total. The maximum Gasteiger partial charge on any atom is 0.251 e. The third-order valence-electron chi connectivity index (χ3n) is 5.21. The monoisotopic (exact) mass is 399 g/mol. The standard InChI is InChI=1S/C18H26ClN3O3S/c1-21-9-11-22(12-10-21)26(24,25)17-13-14(7-8-16(17)19)18(23)20-15-5-3-2-4-6-15/h7-8,13,15H,2-6,9-12H2,1H3,(H,20,23). The quantitative estimate of drug-likeness (QED) is 0.843. The average Bonchev–Trinajstić information content (AvgIpc) is 2.63. The lowest BCUT2D eigenvalue weighted by atomic mass is 9.95. The summed E-state index contributed by atoms with van der Waals surface area (Å²) in [6.45, 7) is 2.21. The summed E-state index contributed by atoms with van der Waals surface area (Å²) in [6, 6.07) is 4.67. The van der Waals surface area contributed by atoms with Crippen LogP contribution in [-0.2, 0) is 10.0 Å². The van der Waals surface area contributed by atoms with E-state index in [0.29, 0.717) is 31.7 Å². The highest BCUT2D eigenvalue weighted by molar-refractivity contribution is 7.89. The van der Waals surface area contributed by atoms with Gasteiger partial charge in [0.25, 0.3) is 5.91 Å². The van der Waals surface area contributed by atoms with Crippen molar-refractivity contribution < 1.29 is 13.2 Å². The second kappa shape index (κ2) is 8.25. The zero-order chi connectivity index (χ0) is 18.7. The van der Waals surface area contributed by atoms with Gasteiger partial charge in [-0.3, -0.25) is 4.79 Å². The first-order valence-corrected chi connectivity index (χ1v) is 11.0. The number of nitrogens with zero attached hydrogens (tertiary/aromatic N) is 2. The SMILES string of the molecule is CN1CCN(S(=O)(=O)c2cc(C(=O)NC3CCCCC3)ccc2Cl)CC1. The predicted molar refractivity (Wildman–Crippen MR) is 102 cm³/mol. The molecule has 1 aliphatic carbocycles. The van der Waals surface area contributed by atoms with Gasteiger partial charge >= 0.3 is 0 Å². The van der Waals surface area contributed by atoms with E-state index in [0.717, 1.165) is 25.7 Å². The minimum atomic E-state index is -3.71. The third-order valence-corrected chi connectivity index (χ3v) is 7.59. The van der Waals surface area contributed by atoms with Gasteiger partial charge in [-0.1, -0.05) is 30.9 Å². The summed E-state index contributed by atoms with van der Waals surface area (Å²) in [6.07, 6.45) is 5.40. The summed E-state index contributed by atoms with van der Waals surface area (Å²) in [4.78, 5) is 14.7. The number of hydrogen-bond donors (Lipinski definition) is 1. The van der Waals surface area contributed by atoms with Crippen LogP contribution in [0.3, 0.4) is 0 Å². The number of carbonyl (C=O) groups is 1. The smallest absolute Gasteiger partial charge is 0.251 e. The number of amides is 1. The number of benzene rings is 1. The Hall–Kier alpha value is -1.15. The number of halogens is 1. The minimum absolute atomic E-state index is 0.0139. The van der Waals surface area contributed by atoms with Crippen molar-refractivity contribution >= 4 is 27.5 Å². The summed E-state index contributed by atoms with van der Waals surface area (Å²) in [5, 5.41) is 3.17. The molecule has 0 bridgehead atoms. The van der Waals surface area contributed by atoms with Gasteiger partial charge in [0, 0.05) is 37.8 Å². The predicted octanol–water partition coefficient (Wildman–Crippen LogP) is 2.34. The van der Waals surface area contributed by atoms with E-state index in [4.69, 9.17) is 11.6 Å². The highest BCUT2D eigenvalue weighted by Crippen LogP contribution is 2.27. The Morgan fingerprint density at radius 3 is 2.42 bits per heavy atom. The van der Waals surface area contributed by atoms with Crippen LogP contribution in [0.15, 0.2) is 23.1 Å². The molecule has 1 aliphatic heterocycles. The molecule has 1 amide bonds. The van der Waals surface area contributed by atoms with Crippen molar-refractivity contribution in [3.63, 3.8) is 0 Å². The molecule has 8 heteroatoms. The van der Waals surface area contributed by atoms with Crippen molar-refractivity contribution in [2.45, 2.75) is 43.0 Å². The van der Waals surface area contributed by atoms with Crippen LogP contribution in [0.5, 0.6) is 0 Å². The van der Waals surface area contributed by atoms with Gasteiger partial charge in [-0.2, -0.15) is 4.31 Å². The number of hydrogen-bond acceptors (Lipinski definition) is 4. The molecule has 1 saturated carbocycles. The summed E-state index contributed by atoms with van der Waals surface area (Å²) < 4.78 is 27.4. The van der Waals surface area contributed by atoms with E-state index in [-0.39, 0.29) is 21.9 Å². The minimum Gasteiger partial charge on any atom is -0.349 e. The summed E-state index contributed by atoms with van der Waals surface area (Å²) in [5.74, 6) is -0.233. The molecule has 0 radical (unpaired) electrons. The number of rotatable bonds is 4. The molecule has 6 nitrogen and oxygen atoms in total. The first-order chi connectivity index (χ1) is 12.4. The van der Waals surface area contributed by atoms with Crippen molar-refractivity contribution in [2.24, 2.45) is 0 Å². The van der Waals surface area contributed by atoms with Gasteiger partial charge in [0.1, 0.15) is 4.90 Å². The van der Waals surface area contributed by atoms with E-state index >= 15 is 0 Å². The van der Waals surface area contributed by atoms with E-state index < -0.39 is 10.0 Å². The van der Waals surface area contributed by atoms with Crippen LogP contribution in [-0.4, -0.2) is 62.8 Å². The second-order valence-corrected chi connectivity index (χ2v) is 9.47. The Labute approximate surface area is 160 Å². The van der Waals surface area contributed by atoms with Crippen molar-refractivity contribution in [2.75, 3.05) is 33.2 Å². The van der Waals surface area contributed by atoms with Crippen LogP contribution in [0.25, 0.3) is 0 Å². The lowest BCUT2D eigenvalue weighted by molar-refractivity contribution is 0.0927. The fourth-order valence-electron chi connectivity index (χ4n) is 3.53. The molecular formula is C18H26ClN3O3S. The number of nitrogens with one attached hydrogen (secondary N) is 1. The summed E-state index contributed by atoms with van der Waals surface area (Å²) in [7, 11) is -1.75. The molecular weight excluding hydrogens is 374 g/mol. The van der Waals surface area contributed by atoms with Gasteiger partial charge in [0.05, 0.1) is 5.02 Å². The molecule has 144 valence electrons. The topological polar surface area (TPSA) is 69.7 Å². The second-order valence-electron chi connectivity index (χ2n) is 7.16. The number of likely N-dealkylation sites (N-methyl/N-ethyl adjacent to an activating group) is 1. The first kappa shape index (κ1) is 19.6. The van der Waals surface area contributed by atoms with E-state index in [9.17, 15) is 13.2 Å². The van der Waals surface area contributed by atoms with Crippen LogP contribution in [0.1, 0.15) is 42.5 Å². The van der Waals surface area contributed by atoms with E-state index in [1.54, 1.807) is 6.07 Å². The molecule has 3 rings (SSSR count). The van der Waals surface area contributed by atoms with E-state index in [1.165, 1.54) is 22.9 Å². The normalized spacial score (nSPS) is 20.8. The molecule has 1 aromatic carbocycles. The Morgan fingerprint density at radius 1 is 1.12 bits per heavy atom. The van der Waals surface area contributed by atoms with Gasteiger partial charge in [0.2, 0.25) is 10.0 Å². The Balaban J connectivity index is 1.79. The maximum atomic E-state index is 13.0. The van der Waals surface area contributed by atoms with Crippen molar-refractivity contribution in [3.05, 3.63) is 28.8 Å². The van der Waals surface area contributed by atoms with Crippen LogP contribution < -0.4 is 5.32 Å². The Kier molecular flexibility index (Phi) is 6.22. The van der Waals surface area contributed by atoms with Crippen molar-refractivity contribution in [3.8, 4) is 0 Å². The molecule has 0 unspecified atom stereocenters. The van der Waals surface area contributed by atoms with Gasteiger partial charge < -0.3 is 10.2 Å². The Bertz CT molecular complexity index is 755. The van der Waals surface area contributed by atoms with Gasteiger partial charge in [-0.25, -0.2) is 8.42 Å². The lowest BCUT2D eigenvalue weighted by Crippen LogP contribution is -2.47. The molecule has 1 aromatic rings. The molecule has 0 aromatic heterocycles. The first-order valence-electron chi connectivity index (χ1n) is 9.17. The Morgan fingerprint density at radius 2 is 1.77 bits per heavy atom. The average molecular weight is 400 g/mol. The third kappa shape index (κ3) is 4.39. The van der Waals surface area contributed by atoms with E-state index in [2.05, 4.69) is 10.2 Å². The number of carbonyl (C=O) groups excluding carboxylic acids is 1. The molecule has 1 saturated heterocycles. The summed E-state index contributed by atoms with van der Waals surface area (Å²) >= 11 is 6.18. The molecule has 0 spiro atoms. The van der Waals surface area contributed by atoms with Crippen LogP contribution in [0, 0.1) is 0 Å². The zero-order valence-corrected chi connectivity index (χ0v) is 16.7. The number of piperazine rings is 1. The van der Waals surface area contributed by atoms with Crippen LogP contribution >= 0.6 is 11.6 Å². The molecule has 26 heavy (non-hydrogen) atoms. The van der Waals surface area contributed by atoms with Gasteiger partial charge in [0.15, 0.2) is 0 Å². The number of sulfonamides is 1. The van der Waals surface area contributed by atoms with E-state index in [1.807, 2.05) is 7.05 Å². The van der Waals surface area contributed by atoms with Crippen LogP contribution in [0.4, 0.5) is 0 Å².